The van der Waals surface area contributed by atoms with Crippen molar-refractivity contribution in [3.05, 3.63) is 65.4 Å². The van der Waals surface area contributed by atoms with Gasteiger partial charge in [0.25, 0.3) is 11.8 Å². The minimum atomic E-state index is -0.212. The van der Waals surface area contributed by atoms with E-state index in [9.17, 15) is 9.59 Å². The Labute approximate surface area is 181 Å². The van der Waals surface area contributed by atoms with Crippen molar-refractivity contribution in [2.45, 2.75) is 31.7 Å². The minimum absolute atomic E-state index is 0.212. The first kappa shape index (κ1) is 19.8. The highest BCUT2D eigenvalue weighted by atomic mass is 16.5. The summed E-state index contributed by atoms with van der Waals surface area (Å²) in [7, 11) is 2.20. The maximum absolute atomic E-state index is 12.4. The summed E-state index contributed by atoms with van der Waals surface area (Å²) < 4.78 is 5.96. The molecule has 0 unspecified atom stereocenters. The molecule has 2 aliphatic heterocycles. The molecule has 31 heavy (non-hydrogen) atoms. The van der Waals surface area contributed by atoms with E-state index in [-0.39, 0.29) is 11.8 Å². The van der Waals surface area contributed by atoms with Gasteiger partial charge >= 0.3 is 0 Å². The van der Waals surface area contributed by atoms with Crippen LogP contribution in [0.2, 0.25) is 0 Å². The number of rotatable bonds is 7. The summed E-state index contributed by atoms with van der Waals surface area (Å²) >= 11 is 0. The van der Waals surface area contributed by atoms with Gasteiger partial charge in [0.2, 0.25) is 0 Å². The molecule has 0 bridgehead atoms. The van der Waals surface area contributed by atoms with E-state index in [1.54, 1.807) is 24.3 Å². The average molecular weight is 418 g/mol. The van der Waals surface area contributed by atoms with Crippen molar-refractivity contribution in [1.82, 2.24) is 14.8 Å². The summed E-state index contributed by atoms with van der Waals surface area (Å²) in [6.07, 6.45) is 6.26. The number of carbonyl (C=O) groups excluding carboxylic acids is 2. The number of nitrogens with one attached hydrogen (secondary N) is 1. The van der Waals surface area contributed by atoms with Gasteiger partial charge in [-0.25, -0.2) is 0 Å². The molecule has 1 aromatic heterocycles. The van der Waals surface area contributed by atoms with Crippen molar-refractivity contribution in [3.63, 3.8) is 0 Å². The number of amides is 2. The number of aromatic amines is 1. The zero-order chi connectivity index (χ0) is 21.4. The molecule has 1 fully saturated rings. The van der Waals surface area contributed by atoms with Gasteiger partial charge in [-0.1, -0.05) is 12.1 Å². The number of hydrogen-bond acceptors (Lipinski definition) is 4. The molecule has 5 rings (SSSR count). The molecular formula is C25H27N3O3. The Hall–Kier alpha value is -3.12. The van der Waals surface area contributed by atoms with Crippen LogP contribution in [0.5, 0.6) is 5.75 Å². The molecule has 2 aromatic carbocycles. The van der Waals surface area contributed by atoms with Crippen molar-refractivity contribution >= 4 is 22.7 Å². The quantitative estimate of drug-likeness (QED) is 0.468. The number of likely N-dealkylation sites (N-methyl/N-ethyl adjacent to an activating group) is 1. The number of nitrogens with zero attached hydrogens (tertiary/aromatic N) is 2. The Morgan fingerprint density at radius 2 is 1.87 bits per heavy atom. The summed E-state index contributed by atoms with van der Waals surface area (Å²) in [5, 5.41) is 1.21. The van der Waals surface area contributed by atoms with Crippen molar-refractivity contribution in [2.24, 2.45) is 0 Å². The molecule has 0 radical (unpaired) electrons. The molecule has 3 heterocycles. The van der Waals surface area contributed by atoms with Crippen LogP contribution >= 0.6 is 0 Å². The Morgan fingerprint density at radius 3 is 2.58 bits per heavy atom. The molecule has 6 nitrogen and oxygen atoms in total. The maximum atomic E-state index is 12.4. The fraction of sp³-hybridized carbons (Fsp3) is 0.360. The van der Waals surface area contributed by atoms with Gasteiger partial charge in [0.15, 0.2) is 0 Å². The van der Waals surface area contributed by atoms with Gasteiger partial charge in [0, 0.05) is 29.7 Å². The van der Waals surface area contributed by atoms with Gasteiger partial charge < -0.3 is 14.6 Å². The van der Waals surface area contributed by atoms with Crippen molar-refractivity contribution < 1.29 is 14.3 Å². The smallest absolute Gasteiger partial charge is 0.261 e. The minimum Gasteiger partial charge on any atom is -0.494 e. The molecule has 1 N–H and O–H groups in total. The van der Waals surface area contributed by atoms with Crippen molar-refractivity contribution in [1.29, 1.82) is 0 Å². The first-order valence-corrected chi connectivity index (χ1v) is 11.0. The number of likely N-dealkylation sites (tertiary alicyclic amines) is 1. The first-order valence-electron chi connectivity index (χ1n) is 11.0. The van der Waals surface area contributed by atoms with Gasteiger partial charge in [-0.15, -0.1) is 0 Å². The molecule has 0 aliphatic carbocycles. The molecule has 1 saturated heterocycles. The highest BCUT2D eigenvalue weighted by Gasteiger charge is 2.34. The third-order valence-corrected chi connectivity index (χ3v) is 6.54. The molecule has 2 amide bonds. The lowest BCUT2D eigenvalue weighted by molar-refractivity contribution is 0.0647. The van der Waals surface area contributed by atoms with Gasteiger partial charge in [-0.3, -0.25) is 14.5 Å². The average Bonchev–Trinajstić information content (AvgIpc) is 3.45. The second-order valence-electron chi connectivity index (χ2n) is 8.51. The molecule has 0 spiro atoms. The van der Waals surface area contributed by atoms with E-state index in [1.165, 1.54) is 35.2 Å². The fourth-order valence-electron chi connectivity index (χ4n) is 4.76. The number of fused-ring (bicyclic) bond motifs is 2. The Balaban J connectivity index is 1.19. The maximum Gasteiger partial charge on any atom is 0.261 e. The highest BCUT2D eigenvalue weighted by Crippen LogP contribution is 2.28. The summed E-state index contributed by atoms with van der Waals surface area (Å²) in [5.41, 5.74) is 3.43. The van der Waals surface area contributed by atoms with Gasteiger partial charge in [0.1, 0.15) is 5.75 Å². The third kappa shape index (κ3) is 3.72. The predicted octanol–water partition coefficient (Wildman–Crippen LogP) is 3.87. The lowest BCUT2D eigenvalue weighted by Gasteiger charge is -2.18. The SMILES string of the molecule is CN1CCC[C@H]1Cc1c[nH]c2ccc(OCCCN3C(=O)c4ccccc4C3=O)cc12. The summed E-state index contributed by atoms with van der Waals surface area (Å²) in [4.78, 5) is 32.0. The monoisotopic (exact) mass is 417 g/mol. The number of ether oxygens (including phenoxy) is 1. The largest absolute Gasteiger partial charge is 0.494 e. The van der Waals surface area contributed by atoms with Crippen molar-refractivity contribution in [3.8, 4) is 5.75 Å². The normalized spacial score (nSPS) is 18.9. The van der Waals surface area contributed by atoms with E-state index in [2.05, 4.69) is 35.3 Å². The number of hydrogen-bond donors (Lipinski definition) is 1. The summed E-state index contributed by atoms with van der Waals surface area (Å²) in [6, 6.07) is 13.7. The van der Waals surface area contributed by atoms with Crippen LogP contribution < -0.4 is 4.74 Å². The van der Waals surface area contributed by atoms with Gasteiger partial charge in [0.05, 0.1) is 17.7 Å². The zero-order valence-corrected chi connectivity index (χ0v) is 17.8. The van der Waals surface area contributed by atoms with Crippen LogP contribution in [0.25, 0.3) is 10.9 Å². The molecule has 160 valence electrons. The molecule has 3 aromatic rings. The summed E-state index contributed by atoms with van der Waals surface area (Å²) in [6.45, 7) is 1.98. The molecule has 6 heteroatoms. The van der Waals surface area contributed by atoms with Crippen LogP contribution in [-0.4, -0.2) is 59.4 Å². The van der Waals surface area contributed by atoms with E-state index in [0.717, 1.165) is 17.7 Å². The van der Waals surface area contributed by atoms with Crippen LogP contribution in [0.4, 0.5) is 0 Å². The lowest BCUT2D eigenvalue weighted by atomic mass is 10.0. The number of benzene rings is 2. The zero-order valence-electron chi connectivity index (χ0n) is 17.8. The Bertz CT molecular complexity index is 1100. The molecule has 1 atom stereocenters. The molecular weight excluding hydrogens is 390 g/mol. The standard InChI is InChI=1S/C25H27N3O3/c1-27-11-4-6-18(27)14-17-16-26-23-10-9-19(15-22(17)23)31-13-5-12-28-24(29)20-7-2-3-8-21(20)25(28)30/h2-3,7-10,15-16,18,26H,4-6,11-14H2,1H3/t18-/m0/s1. The molecule has 0 saturated carbocycles. The second kappa shape index (κ2) is 8.19. The van der Waals surface area contributed by atoms with Crippen LogP contribution in [0.15, 0.2) is 48.7 Å². The first-order chi connectivity index (χ1) is 15.1. The lowest BCUT2D eigenvalue weighted by Crippen LogP contribution is -2.31. The van der Waals surface area contributed by atoms with E-state index in [4.69, 9.17) is 4.74 Å². The second-order valence-corrected chi connectivity index (χ2v) is 8.51. The Morgan fingerprint density at radius 1 is 1.10 bits per heavy atom. The van der Waals surface area contributed by atoms with E-state index in [1.807, 2.05) is 6.07 Å². The van der Waals surface area contributed by atoms with Crippen LogP contribution in [-0.2, 0) is 6.42 Å². The Kier molecular flexibility index (Phi) is 5.24. The van der Waals surface area contributed by atoms with Crippen LogP contribution in [0, 0.1) is 0 Å². The topological polar surface area (TPSA) is 65.6 Å². The number of imide groups is 1. The van der Waals surface area contributed by atoms with Gasteiger partial charge in [-0.2, -0.15) is 0 Å². The third-order valence-electron chi connectivity index (χ3n) is 6.54. The van der Waals surface area contributed by atoms with Gasteiger partial charge in [-0.05, 0) is 75.2 Å². The fourth-order valence-corrected chi connectivity index (χ4v) is 4.76. The highest BCUT2D eigenvalue weighted by molar-refractivity contribution is 6.21. The van der Waals surface area contributed by atoms with Crippen LogP contribution in [0.3, 0.4) is 0 Å². The number of aromatic nitrogens is 1. The molecule has 2 aliphatic rings. The van der Waals surface area contributed by atoms with E-state index < -0.39 is 0 Å². The summed E-state index contributed by atoms with van der Waals surface area (Å²) in [5.74, 6) is 0.391. The van der Waals surface area contributed by atoms with E-state index in [0.29, 0.717) is 36.7 Å². The predicted molar refractivity (Wildman–Crippen MR) is 120 cm³/mol. The number of carbonyl (C=O) groups is 2. The van der Waals surface area contributed by atoms with Crippen LogP contribution in [0.1, 0.15) is 45.5 Å². The van der Waals surface area contributed by atoms with E-state index >= 15 is 0 Å². The van der Waals surface area contributed by atoms with Crippen molar-refractivity contribution in [2.75, 3.05) is 26.7 Å². The number of H-pyrrole nitrogens is 1.